The molecule has 18 heteroatoms. The number of H-pyrrole nitrogens is 1. The number of carbonyl (C=O) groups excluding carboxylic acids is 6. The van der Waals surface area contributed by atoms with E-state index in [0.717, 1.165) is 16.7 Å². The Labute approximate surface area is 291 Å². The Morgan fingerprint density at radius 1 is 0.940 bits per heavy atom. The van der Waals surface area contributed by atoms with E-state index in [0.29, 0.717) is 21.5 Å². The molecule has 2 bridgehead atoms. The average Bonchev–Trinajstić information content (AvgIpc) is 3.63. The van der Waals surface area contributed by atoms with E-state index < -0.39 is 103 Å². The summed E-state index contributed by atoms with van der Waals surface area (Å²) in [6, 6.07) is -1.19. The molecular formula is C32H43N7O10S. The van der Waals surface area contributed by atoms with Crippen LogP contribution < -0.4 is 26.6 Å². The monoisotopic (exact) mass is 717 g/mol. The lowest BCUT2D eigenvalue weighted by molar-refractivity contribution is -0.143. The van der Waals surface area contributed by atoms with Gasteiger partial charge in [-0.15, -0.1) is 11.8 Å². The Morgan fingerprint density at radius 3 is 2.34 bits per heavy atom. The van der Waals surface area contributed by atoms with Crippen LogP contribution in [-0.2, 0) is 35.2 Å². The zero-order valence-corrected chi connectivity index (χ0v) is 28.6. The zero-order chi connectivity index (χ0) is 36.5. The van der Waals surface area contributed by atoms with E-state index in [2.05, 4.69) is 31.6 Å². The van der Waals surface area contributed by atoms with Crippen LogP contribution in [0.4, 0.5) is 0 Å². The van der Waals surface area contributed by atoms with Crippen molar-refractivity contribution < 1.29 is 49.2 Å². The summed E-state index contributed by atoms with van der Waals surface area (Å²) >= 11 is 1.14. The molecule has 50 heavy (non-hydrogen) atoms. The molecule has 3 aliphatic rings. The summed E-state index contributed by atoms with van der Waals surface area (Å²) in [6.07, 6.45) is -3.39. The van der Waals surface area contributed by atoms with Crippen LogP contribution in [0, 0.1) is 0 Å². The van der Waals surface area contributed by atoms with Gasteiger partial charge in [-0.25, -0.2) is 0 Å². The smallest absolute Gasteiger partial charge is 0.246 e. The Kier molecular flexibility index (Phi) is 11.1. The maximum Gasteiger partial charge on any atom is 0.246 e. The Bertz CT molecular complexity index is 1660. The van der Waals surface area contributed by atoms with Gasteiger partial charge in [0.05, 0.1) is 29.4 Å². The molecule has 4 heterocycles. The number of para-hydroxylation sites is 1. The number of nitrogens with zero attached hydrogens (tertiary/aromatic N) is 1. The molecular weight excluding hydrogens is 674 g/mol. The van der Waals surface area contributed by atoms with Crippen molar-refractivity contribution in [3.05, 3.63) is 29.8 Å². The van der Waals surface area contributed by atoms with Crippen LogP contribution in [0.15, 0.2) is 29.3 Å². The highest BCUT2D eigenvalue weighted by Gasteiger charge is 2.44. The number of aromatic nitrogens is 1. The third-order valence-electron chi connectivity index (χ3n) is 9.12. The van der Waals surface area contributed by atoms with Gasteiger partial charge >= 0.3 is 0 Å². The van der Waals surface area contributed by atoms with Crippen LogP contribution in [0.5, 0.6) is 0 Å². The van der Waals surface area contributed by atoms with Crippen molar-refractivity contribution >= 4 is 58.1 Å². The number of nitrogens with one attached hydrogen (secondary N) is 6. The van der Waals surface area contributed by atoms with Crippen LogP contribution in [-0.4, -0.2) is 139 Å². The van der Waals surface area contributed by atoms with Gasteiger partial charge in [-0.05, 0) is 32.4 Å². The predicted octanol–water partition coefficient (Wildman–Crippen LogP) is -3.25. The van der Waals surface area contributed by atoms with Crippen LogP contribution in [0.2, 0.25) is 0 Å². The standard InChI is InChI=1S/C32H43N7O10S/c1-14-25(43)34-20-9-18-17-6-4-5-7-19(17)37-30(18)50-12-22(31(48)39-11-16(42)8-23(39)28(46)33-14)36-29(47)24(15(2)41)38-27(45)21(35-26(20)44)10-32(3,49)13-40/h4-7,14-16,20-24,37,40-42,49H,8-13H2,1-3H3,(H,33,46)(H,34,43)(H,35,44)(H,36,47)(H,38,45)/t14-,15-,16-,20-,21?,22-,23?,24+,32+/m0/s1. The second-order valence-corrected chi connectivity index (χ2v) is 14.4. The molecule has 0 radical (unpaired) electrons. The molecule has 1 aromatic heterocycles. The fourth-order valence-electron chi connectivity index (χ4n) is 6.34. The van der Waals surface area contributed by atoms with E-state index in [1.807, 2.05) is 0 Å². The third kappa shape index (κ3) is 8.04. The van der Waals surface area contributed by atoms with Crippen molar-refractivity contribution in [2.24, 2.45) is 0 Å². The second-order valence-electron chi connectivity index (χ2n) is 13.4. The average molecular weight is 718 g/mol. The van der Waals surface area contributed by atoms with E-state index in [1.54, 1.807) is 24.3 Å². The van der Waals surface area contributed by atoms with Gasteiger partial charge < -0.3 is 56.9 Å². The number of aliphatic hydroxyl groups is 4. The summed E-state index contributed by atoms with van der Waals surface area (Å²) in [7, 11) is 0. The van der Waals surface area contributed by atoms with E-state index in [1.165, 1.54) is 20.8 Å². The van der Waals surface area contributed by atoms with Gasteiger partial charge in [0.15, 0.2) is 0 Å². The molecule has 3 aliphatic heterocycles. The molecule has 2 aromatic rings. The first-order chi connectivity index (χ1) is 23.6. The van der Waals surface area contributed by atoms with E-state index in [4.69, 9.17) is 0 Å². The molecule has 1 saturated heterocycles. The fraction of sp³-hybridized carbons (Fsp3) is 0.562. The number of benzene rings is 1. The van der Waals surface area contributed by atoms with Gasteiger partial charge in [-0.1, -0.05) is 18.2 Å². The zero-order valence-electron chi connectivity index (χ0n) is 27.8. The van der Waals surface area contributed by atoms with Crippen molar-refractivity contribution in [3.63, 3.8) is 0 Å². The molecule has 272 valence electrons. The number of hydrogen-bond donors (Lipinski definition) is 10. The van der Waals surface area contributed by atoms with Gasteiger partial charge in [0, 0.05) is 42.5 Å². The molecule has 17 nitrogen and oxygen atoms in total. The molecule has 2 unspecified atom stereocenters. The minimum Gasteiger partial charge on any atom is -0.393 e. The summed E-state index contributed by atoms with van der Waals surface area (Å²) in [5.41, 5.74) is -0.632. The molecule has 0 spiro atoms. The molecule has 1 fully saturated rings. The molecule has 10 N–H and O–H groups in total. The number of amides is 6. The van der Waals surface area contributed by atoms with Crippen LogP contribution in [0.3, 0.4) is 0 Å². The fourth-order valence-corrected chi connectivity index (χ4v) is 7.45. The van der Waals surface area contributed by atoms with Crippen molar-refractivity contribution in [1.82, 2.24) is 36.5 Å². The highest BCUT2D eigenvalue weighted by molar-refractivity contribution is 7.99. The molecule has 6 amide bonds. The van der Waals surface area contributed by atoms with Gasteiger partial charge in [-0.2, -0.15) is 0 Å². The van der Waals surface area contributed by atoms with Gasteiger partial charge in [0.25, 0.3) is 0 Å². The van der Waals surface area contributed by atoms with Crippen molar-refractivity contribution in [2.75, 3.05) is 18.9 Å². The van der Waals surface area contributed by atoms with Crippen molar-refractivity contribution in [1.29, 1.82) is 0 Å². The number of aromatic amines is 1. The van der Waals surface area contributed by atoms with E-state index in [-0.39, 0.29) is 25.1 Å². The molecule has 1 aromatic carbocycles. The lowest BCUT2D eigenvalue weighted by Gasteiger charge is -2.32. The lowest BCUT2D eigenvalue weighted by Crippen LogP contribution is -2.63. The summed E-state index contributed by atoms with van der Waals surface area (Å²) < 4.78 is 0. The first-order valence-corrected chi connectivity index (χ1v) is 17.3. The number of rotatable bonds is 4. The Hall–Kier alpha value is -4.23. The second kappa shape index (κ2) is 14.9. The quantitative estimate of drug-likeness (QED) is 0.150. The summed E-state index contributed by atoms with van der Waals surface area (Å²) in [5.74, 6) is -5.15. The van der Waals surface area contributed by atoms with Crippen molar-refractivity contribution in [2.45, 2.75) is 99.1 Å². The summed E-state index contributed by atoms with van der Waals surface area (Å²) in [4.78, 5) is 87.2. The van der Waals surface area contributed by atoms with Gasteiger partial charge in [0.2, 0.25) is 35.4 Å². The van der Waals surface area contributed by atoms with Crippen LogP contribution in [0.25, 0.3) is 10.9 Å². The maximum atomic E-state index is 14.2. The normalized spacial score (nSPS) is 30.5. The van der Waals surface area contributed by atoms with Gasteiger partial charge in [-0.3, -0.25) is 28.8 Å². The number of carbonyl (C=O) groups is 6. The van der Waals surface area contributed by atoms with Gasteiger partial charge in [0.1, 0.15) is 36.3 Å². The van der Waals surface area contributed by atoms with Crippen molar-refractivity contribution in [3.8, 4) is 0 Å². The Morgan fingerprint density at radius 2 is 1.64 bits per heavy atom. The number of aliphatic hydroxyl groups excluding tert-OH is 3. The molecule has 0 saturated carbocycles. The highest BCUT2D eigenvalue weighted by Crippen LogP contribution is 2.32. The van der Waals surface area contributed by atoms with Crippen LogP contribution in [0.1, 0.15) is 39.2 Å². The largest absolute Gasteiger partial charge is 0.393 e. The molecule has 0 aliphatic carbocycles. The Balaban J connectivity index is 1.69. The lowest BCUT2D eigenvalue weighted by atomic mass is 9.96. The minimum absolute atomic E-state index is 0.118. The minimum atomic E-state index is -1.88. The highest BCUT2D eigenvalue weighted by atomic mass is 32.2. The SMILES string of the molecule is C[C@@H]1NC(=O)C2C[C@H](O)CN2C(=O)[C@@H]2CSc3[nH]c4ccccc4c3C[C@H](NC1=O)C(=O)NC(C[C@@](C)(O)CO)C(=O)N[C@H]([C@H](C)O)C(=O)N2. The van der Waals surface area contributed by atoms with E-state index in [9.17, 15) is 49.2 Å². The maximum absolute atomic E-state index is 14.2. The molecule has 5 rings (SSSR count). The number of hydrogen-bond acceptors (Lipinski definition) is 11. The van der Waals surface area contributed by atoms with E-state index >= 15 is 0 Å². The third-order valence-corrected chi connectivity index (χ3v) is 10.3. The number of fused-ring (bicyclic) bond motifs is 5. The number of thioether (sulfide) groups is 1. The summed E-state index contributed by atoms with van der Waals surface area (Å²) in [6.45, 7) is 2.82. The first kappa shape index (κ1) is 37.0. The summed E-state index contributed by atoms with van der Waals surface area (Å²) in [5, 5.41) is 55.6. The molecule has 9 atom stereocenters. The predicted molar refractivity (Wildman–Crippen MR) is 178 cm³/mol. The topological polar surface area (TPSA) is 263 Å². The van der Waals surface area contributed by atoms with Crippen LogP contribution >= 0.6 is 11.8 Å². The first-order valence-electron chi connectivity index (χ1n) is 16.3.